The molecule has 1 heterocycles. The van der Waals surface area contributed by atoms with Crippen LogP contribution in [0.25, 0.3) is 0 Å². The molecule has 0 spiro atoms. The van der Waals surface area contributed by atoms with Crippen LogP contribution in [0.1, 0.15) is 13.3 Å². The Hall–Kier alpha value is -3.09. The lowest BCUT2D eigenvalue weighted by Crippen LogP contribution is -2.32. The van der Waals surface area contributed by atoms with E-state index in [1.807, 2.05) is 0 Å². The van der Waals surface area contributed by atoms with Crippen molar-refractivity contribution in [3.8, 4) is 11.5 Å². The second-order valence-corrected chi connectivity index (χ2v) is 5.52. The summed E-state index contributed by atoms with van der Waals surface area (Å²) in [5.74, 6) is 0.242. The first-order valence-electron chi connectivity index (χ1n) is 7.76. The van der Waals surface area contributed by atoms with Crippen LogP contribution in [-0.4, -0.2) is 25.2 Å². The van der Waals surface area contributed by atoms with E-state index in [1.54, 1.807) is 24.3 Å². The predicted octanol–water partition coefficient (Wildman–Crippen LogP) is 2.94. The minimum absolute atomic E-state index is 0.0739. The Balaban J connectivity index is 1.61. The largest absolute Gasteiger partial charge is 0.454 e. The van der Waals surface area contributed by atoms with E-state index in [-0.39, 0.29) is 31.6 Å². The summed E-state index contributed by atoms with van der Waals surface area (Å²) in [5.41, 5.74) is 0.998. The van der Waals surface area contributed by atoms with Crippen molar-refractivity contribution < 1.29 is 23.5 Å². The van der Waals surface area contributed by atoms with Gasteiger partial charge in [-0.25, -0.2) is 4.39 Å². The Bertz CT molecular complexity index is 809. The number of hydrogen-bond donors (Lipinski definition) is 1. The number of halogens is 1. The molecule has 0 saturated carbocycles. The molecule has 25 heavy (non-hydrogen) atoms. The fraction of sp³-hybridized carbons (Fsp3) is 0.222. The summed E-state index contributed by atoms with van der Waals surface area (Å²) < 4.78 is 23.8. The molecular formula is C18H17FN2O4. The standard InChI is InChI=1S/C18H17FN2O4/c1-12(22)21(15-4-2-3-13(19)9-15)8-7-18(23)20-14-5-6-16-17(10-14)25-11-24-16/h2-6,9-10H,7-8,11H2,1H3,(H,20,23). The molecule has 0 radical (unpaired) electrons. The van der Waals surface area contributed by atoms with E-state index in [9.17, 15) is 14.0 Å². The molecule has 1 N–H and O–H groups in total. The molecule has 0 bridgehead atoms. The average molecular weight is 344 g/mol. The Morgan fingerprint density at radius 1 is 1.16 bits per heavy atom. The molecule has 1 aliphatic heterocycles. The van der Waals surface area contributed by atoms with Gasteiger partial charge in [-0.05, 0) is 30.3 Å². The lowest BCUT2D eigenvalue weighted by atomic mass is 10.2. The van der Waals surface area contributed by atoms with E-state index in [4.69, 9.17) is 9.47 Å². The van der Waals surface area contributed by atoms with Gasteiger partial charge in [0.05, 0.1) is 0 Å². The highest BCUT2D eigenvalue weighted by Crippen LogP contribution is 2.34. The van der Waals surface area contributed by atoms with Crippen LogP contribution < -0.4 is 19.7 Å². The summed E-state index contributed by atoms with van der Waals surface area (Å²) in [6.07, 6.45) is 0.0739. The van der Waals surface area contributed by atoms with Crippen LogP contribution in [0.2, 0.25) is 0 Å². The summed E-state index contributed by atoms with van der Waals surface area (Å²) in [6, 6.07) is 10.8. The van der Waals surface area contributed by atoms with Gasteiger partial charge in [-0.1, -0.05) is 6.07 Å². The summed E-state index contributed by atoms with van der Waals surface area (Å²) in [6.45, 7) is 1.68. The maximum Gasteiger partial charge on any atom is 0.231 e. The number of nitrogens with zero attached hydrogens (tertiary/aromatic N) is 1. The number of rotatable bonds is 5. The van der Waals surface area contributed by atoms with Gasteiger partial charge in [0.1, 0.15) is 5.82 Å². The molecule has 0 fully saturated rings. The summed E-state index contributed by atoms with van der Waals surface area (Å²) in [4.78, 5) is 25.3. The number of nitrogens with one attached hydrogen (secondary N) is 1. The third-order valence-corrected chi connectivity index (χ3v) is 3.72. The van der Waals surface area contributed by atoms with Crippen molar-refractivity contribution in [3.05, 3.63) is 48.3 Å². The number of carbonyl (C=O) groups is 2. The highest BCUT2D eigenvalue weighted by molar-refractivity contribution is 5.95. The highest BCUT2D eigenvalue weighted by Gasteiger charge is 2.16. The van der Waals surface area contributed by atoms with Crippen molar-refractivity contribution >= 4 is 23.2 Å². The van der Waals surface area contributed by atoms with Gasteiger partial charge in [-0.3, -0.25) is 9.59 Å². The van der Waals surface area contributed by atoms with E-state index in [0.717, 1.165) is 0 Å². The van der Waals surface area contributed by atoms with Crippen molar-refractivity contribution in [2.45, 2.75) is 13.3 Å². The van der Waals surface area contributed by atoms with Crippen molar-refractivity contribution in [1.29, 1.82) is 0 Å². The number of ether oxygens (including phenoxy) is 2. The SMILES string of the molecule is CC(=O)N(CCC(=O)Nc1ccc2c(c1)OCO2)c1cccc(F)c1. The fourth-order valence-electron chi connectivity index (χ4n) is 2.52. The number of anilines is 2. The lowest BCUT2D eigenvalue weighted by Gasteiger charge is -2.21. The third kappa shape index (κ3) is 4.06. The third-order valence-electron chi connectivity index (χ3n) is 3.72. The van der Waals surface area contributed by atoms with Gasteiger partial charge in [0.25, 0.3) is 0 Å². The molecule has 0 saturated heterocycles. The van der Waals surface area contributed by atoms with Gasteiger partial charge in [0.15, 0.2) is 11.5 Å². The fourth-order valence-corrected chi connectivity index (χ4v) is 2.52. The van der Waals surface area contributed by atoms with Gasteiger partial charge < -0.3 is 19.7 Å². The zero-order valence-electron chi connectivity index (χ0n) is 13.6. The van der Waals surface area contributed by atoms with Crippen LogP contribution in [-0.2, 0) is 9.59 Å². The maximum absolute atomic E-state index is 13.3. The van der Waals surface area contributed by atoms with Crippen LogP contribution in [0.3, 0.4) is 0 Å². The van der Waals surface area contributed by atoms with Crippen molar-refractivity contribution in [2.75, 3.05) is 23.6 Å². The first-order valence-corrected chi connectivity index (χ1v) is 7.76. The molecule has 0 aliphatic carbocycles. The van der Waals surface area contributed by atoms with Gasteiger partial charge in [0, 0.05) is 37.3 Å². The molecule has 3 rings (SSSR count). The Labute approximate surface area is 144 Å². The Morgan fingerprint density at radius 2 is 1.96 bits per heavy atom. The molecular weight excluding hydrogens is 327 g/mol. The number of carbonyl (C=O) groups excluding carboxylic acids is 2. The first kappa shape index (κ1) is 16.8. The smallest absolute Gasteiger partial charge is 0.231 e. The predicted molar refractivity (Wildman–Crippen MR) is 90.2 cm³/mol. The zero-order chi connectivity index (χ0) is 17.8. The van der Waals surface area contributed by atoms with Crippen LogP contribution in [0.5, 0.6) is 11.5 Å². The molecule has 7 heteroatoms. The summed E-state index contributed by atoms with van der Waals surface area (Å²) in [5, 5.41) is 2.74. The molecule has 130 valence electrons. The molecule has 1 aliphatic rings. The minimum Gasteiger partial charge on any atom is -0.454 e. The van der Waals surface area contributed by atoms with Gasteiger partial charge >= 0.3 is 0 Å². The molecule has 0 unspecified atom stereocenters. The number of benzene rings is 2. The van der Waals surface area contributed by atoms with Gasteiger partial charge in [0.2, 0.25) is 18.6 Å². The minimum atomic E-state index is -0.437. The molecule has 0 aromatic heterocycles. The first-order chi connectivity index (χ1) is 12.0. The van der Waals surface area contributed by atoms with E-state index in [2.05, 4.69) is 5.32 Å². The quantitative estimate of drug-likeness (QED) is 0.905. The van der Waals surface area contributed by atoms with Crippen LogP contribution in [0, 0.1) is 5.82 Å². The average Bonchev–Trinajstić information content (AvgIpc) is 3.02. The van der Waals surface area contributed by atoms with Crippen molar-refractivity contribution in [2.24, 2.45) is 0 Å². The second kappa shape index (κ2) is 7.21. The van der Waals surface area contributed by atoms with E-state index in [1.165, 1.54) is 30.0 Å². The number of hydrogen-bond acceptors (Lipinski definition) is 4. The van der Waals surface area contributed by atoms with E-state index in [0.29, 0.717) is 22.9 Å². The van der Waals surface area contributed by atoms with Crippen molar-refractivity contribution in [1.82, 2.24) is 0 Å². The van der Waals surface area contributed by atoms with E-state index >= 15 is 0 Å². The molecule has 2 aromatic carbocycles. The lowest BCUT2D eigenvalue weighted by molar-refractivity contribution is -0.117. The Morgan fingerprint density at radius 3 is 2.72 bits per heavy atom. The monoisotopic (exact) mass is 344 g/mol. The second-order valence-electron chi connectivity index (χ2n) is 5.52. The highest BCUT2D eigenvalue weighted by atomic mass is 19.1. The zero-order valence-corrected chi connectivity index (χ0v) is 13.6. The van der Waals surface area contributed by atoms with Crippen LogP contribution in [0.4, 0.5) is 15.8 Å². The number of amides is 2. The normalized spacial score (nSPS) is 11.9. The molecule has 2 amide bonds. The van der Waals surface area contributed by atoms with E-state index < -0.39 is 5.82 Å². The molecule has 0 atom stereocenters. The summed E-state index contributed by atoms with van der Waals surface area (Å²) >= 11 is 0. The topological polar surface area (TPSA) is 67.9 Å². The van der Waals surface area contributed by atoms with Crippen molar-refractivity contribution in [3.63, 3.8) is 0 Å². The molecule has 6 nitrogen and oxygen atoms in total. The Kier molecular flexibility index (Phi) is 4.83. The van der Waals surface area contributed by atoms with Crippen LogP contribution in [0.15, 0.2) is 42.5 Å². The molecule has 2 aromatic rings. The summed E-state index contributed by atoms with van der Waals surface area (Å²) in [7, 11) is 0. The van der Waals surface area contributed by atoms with Crippen LogP contribution >= 0.6 is 0 Å². The van der Waals surface area contributed by atoms with Gasteiger partial charge in [-0.15, -0.1) is 0 Å². The maximum atomic E-state index is 13.3. The number of fused-ring (bicyclic) bond motifs is 1. The van der Waals surface area contributed by atoms with Gasteiger partial charge in [-0.2, -0.15) is 0 Å².